The van der Waals surface area contributed by atoms with E-state index < -0.39 is 0 Å². The predicted octanol–water partition coefficient (Wildman–Crippen LogP) is 2.98. The minimum atomic E-state index is 0.559. The number of hydrogen-bond donors (Lipinski definition) is 0. The number of hydrogen-bond acceptors (Lipinski definition) is 5. The lowest BCUT2D eigenvalue weighted by atomic mass is 10.1. The van der Waals surface area contributed by atoms with Gasteiger partial charge in [-0.25, -0.2) is 9.97 Å². The van der Waals surface area contributed by atoms with Crippen LogP contribution in [0.5, 0.6) is 5.88 Å². The van der Waals surface area contributed by atoms with Crippen LogP contribution < -0.4 is 9.64 Å². The van der Waals surface area contributed by atoms with Crippen LogP contribution in [0.3, 0.4) is 0 Å². The fourth-order valence-corrected chi connectivity index (χ4v) is 3.12. The van der Waals surface area contributed by atoms with Crippen LogP contribution in [0.15, 0.2) is 42.7 Å². The standard InChI is InChI=1S/C19H26N4O/c1-3-24-19-13-18(20-15-21-19)22-10-9-16(2)23(12-11-22)14-17-7-5-4-6-8-17/h4-8,13,15-16H,3,9-12,14H2,1-2H3. The molecule has 0 amide bonds. The van der Waals surface area contributed by atoms with Crippen molar-refractivity contribution in [2.75, 3.05) is 31.1 Å². The van der Waals surface area contributed by atoms with Gasteiger partial charge in [-0.2, -0.15) is 0 Å². The zero-order valence-electron chi connectivity index (χ0n) is 14.6. The van der Waals surface area contributed by atoms with Gasteiger partial charge in [0.15, 0.2) is 0 Å². The van der Waals surface area contributed by atoms with E-state index >= 15 is 0 Å². The fourth-order valence-electron chi connectivity index (χ4n) is 3.12. The summed E-state index contributed by atoms with van der Waals surface area (Å²) < 4.78 is 5.50. The molecule has 0 saturated carbocycles. The zero-order valence-corrected chi connectivity index (χ0v) is 14.6. The molecule has 0 N–H and O–H groups in total. The minimum Gasteiger partial charge on any atom is -0.478 e. The molecule has 5 nitrogen and oxygen atoms in total. The highest BCUT2D eigenvalue weighted by molar-refractivity contribution is 5.41. The van der Waals surface area contributed by atoms with Crippen LogP contribution in [0.1, 0.15) is 25.8 Å². The molecule has 0 aliphatic carbocycles. The first-order valence-electron chi connectivity index (χ1n) is 8.74. The monoisotopic (exact) mass is 326 g/mol. The van der Waals surface area contributed by atoms with Gasteiger partial charge in [0.2, 0.25) is 5.88 Å². The van der Waals surface area contributed by atoms with Gasteiger partial charge < -0.3 is 9.64 Å². The number of aromatic nitrogens is 2. The minimum absolute atomic E-state index is 0.559. The first-order chi connectivity index (χ1) is 11.8. The topological polar surface area (TPSA) is 41.5 Å². The average Bonchev–Trinajstić information content (AvgIpc) is 2.79. The molecule has 1 aromatic heterocycles. The maximum absolute atomic E-state index is 5.50. The highest BCUT2D eigenvalue weighted by atomic mass is 16.5. The molecule has 1 atom stereocenters. The second kappa shape index (κ2) is 8.11. The molecule has 1 aliphatic heterocycles. The van der Waals surface area contributed by atoms with Crippen LogP contribution in [-0.4, -0.2) is 47.2 Å². The van der Waals surface area contributed by atoms with E-state index in [9.17, 15) is 0 Å². The van der Waals surface area contributed by atoms with Gasteiger partial charge in [0.25, 0.3) is 0 Å². The van der Waals surface area contributed by atoms with E-state index in [2.05, 4.69) is 57.0 Å². The summed E-state index contributed by atoms with van der Waals surface area (Å²) >= 11 is 0. The molecule has 1 aromatic carbocycles. The Morgan fingerprint density at radius 1 is 1.12 bits per heavy atom. The van der Waals surface area contributed by atoms with Crippen LogP contribution in [0.2, 0.25) is 0 Å². The summed E-state index contributed by atoms with van der Waals surface area (Å²) in [4.78, 5) is 13.5. The number of benzene rings is 1. The zero-order chi connectivity index (χ0) is 16.8. The Balaban J connectivity index is 1.66. The lowest BCUT2D eigenvalue weighted by molar-refractivity contribution is 0.212. The Kier molecular flexibility index (Phi) is 5.64. The quantitative estimate of drug-likeness (QED) is 0.845. The van der Waals surface area contributed by atoms with Crippen molar-refractivity contribution in [3.8, 4) is 5.88 Å². The van der Waals surface area contributed by atoms with Crippen LogP contribution in [0, 0.1) is 0 Å². The molecule has 24 heavy (non-hydrogen) atoms. The van der Waals surface area contributed by atoms with Crippen molar-refractivity contribution in [1.82, 2.24) is 14.9 Å². The molecule has 0 radical (unpaired) electrons. The summed E-state index contributed by atoms with van der Waals surface area (Å²) in [6, 6.07) is 13.2. The van der Waals surface area contributed by atoms with Crippen LogP contribution in [0.25, 0.3) is 0 Å². The molecule has 2 aromatic rings. The van der Waals surface area contributed by atoms with Crippen molar-refractivity contribution in [3.63, 3.8) is 0 Å². The molecule has 1 unspecified atom stereocenters. The summed E-state index contributed by atoms with van der Waals surface area (Å²) in [5.74, 6) is 1.61. The Hall–Kier alpha value is -2.14. The third kappa shape index (κ3) is 4.23. The molecule has 2 heterocycles. The van der Waals surface area contributed by atoms with Crippen LogP contribution in [-0.2, 0) is 6.54 Å². The van der Waals surface area contributed by atoms with Gasteiger partial charge in [0.1, 0.15) is 12.1 Å². The van der Waals surface area contributed by atoms with Crippen molar-refractivity contribution in [2.24, 2.45) is 0 Å². The molecule has 0 bridgehead atoms. The number of ether oxygens (including phenoxy) is 1. The third-order valence-corrected chi connectivity index (χ3v) is 4.57. The summed E-state index contributed by atoms with van der Waals surface area (Å²) in [5, 5.41) is 0. The Bertz CT molecular complexity index is 634. The van der Waals surface area contributed by atoms with E-state index in [-0.39, 0.29) is 0 Å². The second-order valence-corrected chi connectivity index (χ2v) is 6.23. The van der Waals surface area contributed by atoms with E-state index in [4.69, 9.17) is 4.74 Å². The Morgan fingerprint density at radius 3 is 2.75 bits per heavy atom. The molecule has 1 aliphatic rings. The molecule has 3 rings (SSSR count). The molecule has 5 heteroatoms. The third-order valence-electron chi connectivity index (χ3n) is 4.57. The van der Waals surface area contributed by atoms with E-state index in [1.54, 1.807) is 6.33 Å². The van der Waals surface area contributed by atoms with Crippen LogP contribution in [0.4, 0.5) is 5.82 Å². The van der Waals surface area contributed by atoms with Gasteiger partial charge in [-0.1, -0.05) is 30.3 Å². The van der Waals surface area contributed by atoms with Crippen molar-refractivity contribution in [2.45, 2.75) is 32.9 Å². The Morgan fingerprint density at radius 2 is 1.96 bits per heavy atom. The largest absolute Gasteiger partial charge is 0.478 e. The Labute approximate surface area is 144 Å². The molecule has 0 spiro atoms. The number of nitrogens with zero attached hydrogens (tertiary/aromatic N) is 4. The highest BCUT2D eigenvalue weighted by Crippen LogP contribution is 2.20. The highest BCUT2D eigenvalue weighted by Gasteiger charge is 2.22. The van der Waals surface area contributed by atoms with Gasteiger partial charge >= 0.3 is 0 Å². The van der Waals surface area contributed by atoms with Gasteiger partial charge in [-0.3, -0.25) is 4.90 Å². The normalized spacial score (nSPS) is 19.1. The lowest BCUT2D eigenvalue weighted by Gasteiger charge is -2.26. The SMILES string of the molecule is CCOc1cc(N2CCC(C)N(Cc3ccccc3)CC2)ncn1. The van der Waals surface area contributed by atoms with Crippen molar-refractivity contribution < 1.29 is 4.74 Å². The van der Waals surface area contributed by atoms with Gasteiger partial charge in [0, 0.05) is 38.3 Å². The van der Waals surface area contributed by atoms with Gasteiger partial charge in [0.05, 0.1) is 6.61 Å². The average molecular weight is 326 g/mol. The van der Waals surface area contributed by atoms with Gasteiger partial charge in [-0.15, -0.1) is 0 Å². The van der Waals surface area contributed by atoms with Crippen molar-refractivity contribution in [3.05, 3.63) is 48.3 Å². The summed E-state index contributed by atoms with van der Waals surface area (Å²) in [6.07, 6.45) is 2.72. The molecule has 1 saturated heterocycles. The first kappa shape index (κ1) is 16.7. The second-order valence-electron chi connectivity index (χ2n) is 6.23. The van der Waals surface area contributed by atoms with E-state index in [1.807, 2.05) is 13.0 Å². The van der Waals surface area contributed by atoms with Crippen LogP contribution >= 0.6 is 0 Å². The van der Waals surface area contributed by atoms with Crippen molar-refractivity contribution in [1.29, 1.82) is 0 Å². The van der Waals surface area contributed by atoms with Crippen molar-refractivity contribution >= 4 is 5.82 Å². The smallest absolute Gasteiger partial charge is 0.218 e. The number of anilines is 1. The first-order valence-corrected chi connectivity index (χ1v) is 8.74. The summed E-state index contributed by atoms with van der Waals surface area (Å²) in [6.45, 7) is 8.93. The summed E-state index contributed by atoms with van der Waals surface area (Å²) in [5.41, 5.74) is 1.37. The molecule has 128 valence electrons. The van der Waals surface area contributed by atoms with E-state index in [0.717, 1.165) is 38.4 Å². The van der Waals surface area contributed by atoms with E-state index in [1.165, 1.54) is 5.56 Å². The molecular formula is C19H26N4O. The van der Waals surface area contributed by atoms with Gasteiger partial charge in [-0.05, 0) is 25.8 Å². The molecule has 1 fully saturated rings. The predicted molar refractivity (Wildman–Crippen MR) is 96.3 cm³/mol. The van der Waals surface area contributed by atoms with E-state index in [0.29, 0.717) is 18.5 Å². The summed E-state index contributed by atoms with van der Waals surface area (Å²) in [7, 11) is 0. The number of rotatable bonds is 5. The maximum atomic E-state index is 5.50. The fraction of sp³-hybridized carbons (Fsp3) is 0.474. The molecular weight excluding hydrogens is 300 g/mol. The maximum Gasteiger partial charge on any atom is 0.218 e. The lowest BCUT2D eigenvalue weighted by Crippen LogP contribution is -2.34.